The van der Waals surface area contributed by atoms with Crippen LogP contribution in [-0.2, 0) is 4.79 Å². The number of carbonyl (C=O) groups is 1. The number of carbonyl (C=O) groups excluding carboxylic acids is 1. The highest BCUT2D eigenvalue weighted by Gasteiger charge is 2.28. The molecule has 4 heteroatoms. The van der Waals surface area contributed by atoms with Gasteiger partial charge in [0.05, 0.1) is 5.54 Å². The zero-order valence-corrected chi connectivity index (χ0v) is 12.1. The SMILES string of the molecule is CCC1CCC(N(C)CCC(C)(N)C(N)=O)CC1. The molecule has 0 saturated heterocycles. The number of amides is 1. The minimum absolute atomic E-state index is 0.411. The fourth-order valence-electron chi connectivity index (χ4n) is 2.71. The Labute approximate surface area is 111 Å². The lowest BCUT2D eigenvalue weighted by Gasteiger charge is -2.35. The van der Waals surface area contributed by atoms with Crippen LogP contribution in [0.25, 0.3) is 0 Å². The van der Waals surface area contributed by atoms with Crippen LogP contribution in [0.2, 0.25) is 0 Å². The Morgan fingerprint density at radius 2 is 1.89 bits per heavy atom. The van der Waals surface area contributed by atoms with Crippen LogP contribution in [0.5, 0.6) is 0 Å². The lowest BCUT2D eigenvalue weighted by atomic mass is 9.84. The maximum atomic E-state index is 11.2. The first-order chi connectivity index (χ1) is 8.36. The second kappa shape index (κ2) is 6.53. The van der Waals surface area contributed by atoms with Crippen molar-refractivity contribution in [3.8, 4) is 0 Å². The van der Waals surface area contributed by atoms with Crippen LogP contribution in [0.3, 0.4) is 0 Å². The summed E-state index contributed by atoms with van der Waals surface area (Å²) in [5, 5.41) is 0. The van der Waals surface area contributed by atoms with E-state index < -0.39 is 11.4 Å². The predicted molar refractivity (Wildman–Crippen MR) is 75.1 cm³/mol. The van der Waals surface area contributed by atoms with Crippen molar-refractivity contribution in [2.45, 2.75) is 64.0 Å². The van der Waals surface area contributed by atoms with Crippen molar-refractivity contribution in [3.63, 3.8) is 0 Å². The Morgan fingerprint density at radius 1 is 1.33 bits per heavy atom. The molecule has 0 aliphatic heterocycles. The van der Waals surface area contributed by atoms with Gasteiger partial charge in [-0.15, -0.1) is 0 Å². The summed E-state index contributed by atoms with van der Waals surface area (Å²) in [4.78, 5) is 13.5. The van der Waals surface area contributed by atoms with Gasteiger partial charge in [0.2, 0.25) is 5.91 Å². The Bertz CT molecular complexity index is 270. The van der Waals surface area contributed by atoms with Crippen molar-refractivity contribution >= 4 is 5.91 Å². The zero-order chi connectivity index (χ0) is 13.8. The smallest absolute Gasteiger partial charge is 0.237 e. The monoisotopic (exact) mass is 255 g/mol. The average Bonchev–Trinajstić information content (AvgIpc) is 2.36. The first-order valence-electron chi connectivity index (χ1n) is 7.16. The van der Waals surface area contributed by atoms with Crippen LogP contribution >= 0.6 is 0 Å². The van der Waals surface area contributed by atoms with Gasteiger partial charge in [-0.25, -0.2) is 0 Å². The number of nitrogens with zero attached hydrogens (tertiary/aromatic N) is 1. The molecule has 1 amide bonds. The van der Waals surface area contributed by atoms with E-state index in [0.717, 1.165) is 12.5 Å². The predicted octanol–water partition coefficient (Wildman–Crippen LogP) is 1.48. The molecule has 1 rings (SSSR count). The summed E-state index contributed by atoms with van der Waals surface area (Å²) in [5.41, 5.74) is 10.3. The van der Waals surface area contributed by atoms with Crippen LogP contribution < -0.4 is 11.5 Å². The van der Waals surface area contributed by atoms with Crippen LogP contribution in [0, 0.1) is 5.92 Å². The molecule has 0 radical (unpaired) electrons. The molecule has 1 atom stereocenters. The van der Waals surface area contributed by atoms with E-state index in [1.54, 1.807) is 6.92 Å². The van der Waals surface area contributed by atoms with Crippen LogP contribution in [0.15, 0.2) is 0 Å². The third kappa shape index (κ3) is 4.25. The molecule has 0 heterocycles. The number of nitrogens with two attached hydrogens (primary N) is 2. The zero-order valence-electron chi connectivity index (χ0n) is 12.1. The van der Waals surface area contributed by atoms with Crippen molar-refractivity contribution in [3.05, 3.63) is 0 Å². The first kappa shape index (κ1) is 15.4. The summed E-state index contributed by atoms with van der Waals surface area (Å²) in [6.45, 7) is 4.84. The molecule has 1 aliphatic rings. The topological polar surface area (TPSA) is 72.3 Å². The summed E-state index contributed by atoms with van der Waals surface area (Å²) < 4.78 is 0. The lowest BCUT2D eigenvalue weighted by molar-refractivity contribution is -0.122. The van der Waals surface area contributed by atoms with Crippen LogP contribution in [0.4, 0.5) is 0 Å². The van der Waals surface area contributed by atoms with E-state index in [-0.39, 0.29) is 0 Å². The molecule has 1 saturated carbocycles. The molecule has 1 unspecified atom stereocenters. The van der Waals surface area contributed by atoms with Gasteiger partial charge in [-0.05, 0) is 52.0 Å². The molecule has 4 nitrogen and oxygen atoms in total. The van der Waals surface area contributed by atoms with Gasteiger partial charge in [0.1, 0.15) is 0 Å². The lowest BCUT2D eigenvalue weighted by Crippen LogP contribution is -2.51. The summed E-state index contributed by atoms with van der Waals surface area (Å²) >= 11 is 0. The van der Waals surface area contributed by atoms with Crippen molar-refractivity contribution in [2.75, 3.05) is 13.6 Å². The van der Waals surface area contributed by atoms with E-state index in [4.69, 9.17) is 11.5 Å². The highest BCUT2D eigenvalue weighted by Crippen LogP contribution is 2.29. The maximum absolute atomic E-state index is 11.2. The minimum Gasteiger partial charge on any atom is -0.368 e. The molecule has 0 aromatic carbocycles. The fraction of sp³-hybridized carbons (Fsp3) is 0.929. The highest BCUT2D eigenvalue weighted by atomic mass is 16.1. The Hall–Kier alpha value is -0.610. The Kier molecular flexibility index (Phi) is 5.60. The molecule has 0 aromatic rings. The van der Waals surface area contributed by atoms with E-state index >= 15 is 0 Å². The van der Waals surface area contributed by atoms with Crippen molar-refractivity contribution in [2.24, 2.45) is 17.4 Å². The van der Waals surface area contributed by atoms with Gasteiger partial charge in [0, 0.05) is 12.6 Å². The van der Waals surface area contributed by atoms with Crippen molar-refractivity contribution < 1.29 is 4.79 Å². The molecular weight excluding hydrogens is 226 g/mol. The molecule has 0 aromatic heterocycles. The van der Waals surface area contributed by atoms with Crippen LogP contribution in [-0.4, -0.2) is 36.0 Å². The second-order valence-corrected chi connectivity index (χ2v) is 6.10. The number of hydrogen-bond donors (Lipinski definition) is 2. The first-order valence-corrected chi connectivity index (χ1v) is 7.16. The molecule has 0 spiro atoms. The van der Waals surface area contributed by atoms with E-state index in [1.807, 2.05) is 0 Å². The standard InChI is InChI=1S/C14H29N3O/c1-4-11-5-7-12(8-6-11)17(3)10-9-14(2,16)13(15)18/h11-12H,4-10,16H2,1-3H3,(H2,15,18). The van der Waals surface area contributed by atoms with Gasteiger partial charge in [0.25, 0.3) is 0 Å². The molecule has 1 aliphatic carbocycles. The average molecular weight is 255 g/mol. The summed E-state index contributed by atoms with van der Waals surface area (Å²) in [7, 11) is 2.13. The molecule has 4 N–H and O–H groups in total. The number of hydrogen-bond acceptors (Lipinski definition) is 3. The fourth-order valence-corrected chi connectivity index (χ4v) is 2.71. The number of primary amides is 1. The van der Waals surface area contributed by atoms with Crippen molar-refractivity contribution in [1.82, 2.24) is 4.90 Å². The second-order valence-electron chi connectivity index (χ2n) is 6.10. The minimum atomic E-state index is -0.880. The molecule has 18 heavy (non-hydrogen) atoms. The Balaban J connectivity index is 2.33. The molecular formula is C14H29N3O. The van der Waals surface area contributed by atoms with Gasteiger partial charge in [-0.1, -0.05) is 13.3 Å². The van der Waals surface area contributed by atoms with E-state index in [0.29, 0.717) is 12.5 Å². The van der Waals surface area contributed by atoms with Gasteiger partial charge in [-0.2, -0.15) is 0 Å². The van der Waals surface area contributed by atoms with E-state index in [9.17, 15) is 4.79 Å². The molecule has 0 bridgehead atoms. The van der Waals surface area contributed by atoms with Crippen molar-refractivity contribution in [1.29, 1.82) is 0 Å². The Morgan fingerprint density at radius 3 is 2.33 bits per heavy atom. The normalized spacial score (nSPS) is 28.1. The molecule has 1 fully saturated rings. The maximum Gasteiger partial charge on any atom is 0.237 e. The third-order valence-electron chi connectivity index (χ3n) is 4.56. The number of rotatable bonds is 6. The van der Waals surface area contributed by atoms with Gasteiger partial charge < -0.3 is 16.4 Å². The summed E-state index contributed by atoms with van der Waals surface area (Å²) in [5.74, 6) is 0.505. The van der Waals surface area contributed by atoms with Gasteiger partial charge in [-0.3, -0.25) is 4.79 Å². The van der Waals surface area contributed by atoms with E-state index in [2.05, 4.69) is 18.9 Å². The molecule has 106 valence electrons. The summed E-state index contributed by atoms with van der Waals surface area (Å²) in [6.07, 6.45) is 7.15. The van der Waals surface area contributed by atoms with Gasteiger partial charge >= 0.3 is 0 Å². The highest BCUT2D eigenvalue weighted by molar-refractivity contribution is 5.83. The third-order valence-corrected chi connectivity index (χ3v) is 4.56. The van der Waals surface area contributed by atoms with Gasteiger partial charge in [0.15, 0.2) is 0 Å². The van der Waals surface area contributed by atoms with E-state index in [1.165, 1.54) is 32.1 Å². The largest absolute Gasteiger partial charge is 0.368 e. The van der Waals surface area contributed by atoms with Crippen LogP contribution in [0.1, 0.15) is 52.4 Å². The quantitative estimate of drug-likeness (QED) is 0.755. The summed E-state index contributed by atoms with van der Waals surface area (Å²) in [6, 6.07) is 0.650.